The van der Waals surface area contributed by atoms with Crippen molar-refractivity contribution in [2.75, 3.05) is 26.8 Å². The summed E-state index contributed by atoms with van der Waals surface area (Å²) in [6, 6.07) is 11.2. The molecule has 0 amide bonds. The van der Waals surface area contributed by atoms with Crippen LogP contribution in [0.1, 0.15) is 36.7 Å². The van der Waals surface area contributed by atoms with Crippen LogP contribution < -0.4 is 5.73 Å². The number of ether oxygens (including phenoxy) is 1. The van der Waals surface area contributed by atoms with Crippen LogP contribution in [0.25, 0.3) is 22.0 Å². The average molecular weight is 456 g/mol. The highest BCUT2D eigenvalue weighted by Gasteiger charge is 2.25. The Bertz CT molecular complexity index is 1050. The van der Waals surface area contributed by atoms with E-state index in [4.69, 9.17) is 15.5 Å². The fourth-order valence-corrected chi connectivity index (χ4v) is 5.50. The summed E-state index contributed by atoms with van der Waals surface area (Å²) in [5.74, 6) is 0.177. The average Bonchev–Trinajstić information content (AvgIpc) is 3.49. The molecule has 2 aromatic carbocycles. The van der Waals surface area contributed by atoms with Gasteiger partial charge in [0.2, 0.25) is 0 Å². The van der Waals surface area contributed by atoms with Crippen LogP contribution in [0.4, 0.5) is 4.39 Å². The van der Waals surface area contributed by atoms with E-state index in [0.717, 1.165) is 55.5 Å². The van der Waals surface area contributed by atoms with E-state index in [0.29, 0.717) is 17.3 Å². The number of nitrogens with zero attached hydrogens (tertiary/aromatic N) is 2. The Kier molecular flexibility index (Phi) is 7.63. The molecule has 2 atom stereocenters. The van der Waals surface area contributed by atoms with Crippen molar-refractivity contribution in [3.05, 3.63) is 52.6 Å². The molecule has 0 aliphatic carbocycles. The highest BCUT2D eigenvalue weighted by molar-refractivity contribution is 7.10. The molecular formula is C25H30FN3O2S. The SMILES string of the molecule is CN1CCC[C@H]1c1nc(-c2ccc(F)c3ccccc23)cs1.NC(C=O)C1CCOCC1. The van der Waals surface area contributed by atoms with Gasteiger partial charge in [-0.05, 0) is 62.7 Å². The van der Waals surface area contributed by atoms with E-state index >= 15 is 0 Å². The number of hydrogen-bond acceptors (Lipinski definition) is 6. The van der Waals surface area contributed by atoms with Crippen molar-refractivity contribution in [3.63, 3.8) is 0 Å². The molecule has 2 saturated heterocycles. The molecule has 0 bridgehead atoms. The zero-order valence-electron chi connectivity index (χ0n) is 18.4. The fourth-order valence-electron chi connectivity index (χ4n) is 4.48. The lowest BCUT2D eigenvalue weighted by Crippen LogP contribution is -2.35. The Morgan fingerprint density at radius 2 is 1.94 bits per heavy atom. The molecule has 2 aliphatic rings. The summed E-state index contributed by atoms with van der Waals surface area (Å²) in [6.07, 6.45) is 5.10. The number of fused-ring (bicyclic) bond motifs is 1. The lowest BCUT2D eigenvalue weighted by molar-refractivity contribution is -0.110. The van der Waals surface area contributed by atoms with E-state index in [1.807, 2.05) is 30.3 Å². The van der Waals surface area contributed by atoms with Gasteiger partial charge in [-0.15, -0.1) is 11.3 Å². The quantitative estimate of drug-likeness (QED) is 0.572. The molecule has 5 rings (SSSR count). The van der Waals surface area contributed by atoms with Gasteiger partial charge in [0.15, 0.2) is 0 Å². The van der Waals surface area contributed by atoms with Gasteiger partial charge in [0.05, 0.1) is 17.8 Å². The predicted molar refractivity (Wildman–Crippen MR) is 127 cm³/mol. The molecule has 0 spiro atoms. The number of aromatic nitrogens is 1. The number of aldehydes is 1. The number of halogens is 1. The number of thiazole rings is 1. The number of likely N-dealkylation sites (tertiary alicyclic amines) is 1. The number of carbonyl (C=O) groups excluding carboxylic acids is 1. The minimum Gasteiger partial charge on any atom is -0.381 e. The van der Waals surface area contributed by atoms with Gasteiger partial charge >= 0.3 is 0 Å². The first-order chi connectivity index (χ1) is 15.6. The normalized spacial score (nSPS) is 20.7. The van der Waals surface area contributed by atoms with Crippen molar-refractivity contribution in [1.82, 2.24) is 9.88 Å². The molecule has 170 valence electrons. The van der Waals surface area contributed by atoms with Crippen molar-refractivity contribution in [3.8, 4) is 11.3 Å². The molecule has 1 aromatic heterocycles. The summed E-state index contributed by atoms with van der Waals surface area (Å²) in [6.45, 7) is 2.65. The third-order valence-electron chi connectivity index (χ3n) is 6.44. The van der Waals surface area contributed by atoms with Gasteiger partial charge in [0.1, 0.15) is 17.1 Å². The maximum absolute atomic E-state index is 14.0. The van der Waals surface area contributed by atoms with Crippen LogP contribution in [0.3, 0.4) is 0 Å². The molecular weight excluding hydrogens is 425 g/mol. The highest BCUT2D eigenvalue weighted by atomic mass is 32.1. The molecule has 1 unspecified atom stereocenters. The minimum absolute atomic E-state index is 0.176. The topological polar surface area (TPSA) is 68.5 Å². The fraction of sp³-hybridized carbons (Fsp3) is 0.440. The zero-order valence-corrected chi connectivity index (χ0v) is 19.2. The van der Waals surface area contributed by atoms with Gasteiger partial charge in [0.25, 0.3) is 0 Å². The minimum atomic E-state index is -0.274. The van der Waals surface area contributed by atoms with Crippen LogP contribution >= 0.6 is 11.3 Å². The molecule has 0 radical (unpaired) electrons. The van der Waals surface area contributed by atoms with Crippen LogP contribution in [0.2, 0.25) is 0 Å². The Balaban J connectivity index is 0.000000207. The first kappa shape index (κ1) is 23.0. The van der Waals surface area contributed by atoms with Crippen LogP contribution in [0.15, 0.2) is 41.8 Å². The number of hydrogen-bond donors (Lipinski definition) is 1. The lowest BCUT2D eigenvalue weighted by atomic mass is 9.93. The van der Waals surface area contributed by atoms with E-state index in [-0.39, 0.29) is 11.9 Å². The van der Waals surface area contributed by atoms with Gasteiger partial charge in [-0.25, -0.2) is 9.37 Å². The van der Waals surface area contributed by atoms with E-state index in [9.17, 15) is 9.18 Å². The molecule has 2 fully saturated rings. The third kappa shape index (κ3) is 5.07. The predicted octanol–water partition coefficient (Wildman–Crippen LogP) is 4.81. The smallest absolute Gasteiger partial charge is 0.136 e. The lowest BCUT2D eigenvalue weighted by Gasteiger charge is -2.23. The van der Waals surface area contributed by atoms with E-state index < -0.39 is 0 Å². The summed E-state index contributed by atoms with van der Waals surface area (Å²) < 4.78 is 19.1. The molecule has 2 aliphatic heterocycles. The first-order valence-electron chi connectivity index (χ1n) is 11.2. The molecule has 5 nitrogen and oxygen atoms in total. The van der Waals surface area contributed by atoms with Crippen molar-refractivity contribution in [2.24, 2.45) is 11.7 Å². The van der Waals surface area contributed by atoms with Crippen LogP contribution in [0.5, 0.6) is 0 Å². The third-order valence-corrected chi connectivity index (χ3v) is 7.39. The molecule has 3 heterocycles. The summed E-state index contributed by atoms with van der Waals surface area (Å²) in [5.41, 5.74) is 7.49. The van der Waals surface area contributed by atoms with Gasteiger partial charge in [-0.1, -0.05) is 24.3 Å². The standard InChI is InChI=1S/C18H17FN2S.C7H13NO2/c1-21-10-4-7-17(21)18-20-16(11-22-18)14-8-9-15(19)13-6-3-2-5-12(13)14;8-7(5-9)6-1-3-10-4-2-6/h2-3,5-6,8-9,11,17H,4,7,10H2,1H3;5-7H,1-4,8H2/t17-;/m0./s1. The number of nitrogens with two attached hydrogens (primary N) is 1. The number of carbonyl (C=O) groups is 1. The van der Waals surface area contributed by atoms with Crippen molar-refractivity contribution in [2.45, 2.75) is 37.8 Å². The van der Waals surface area contributed by atoms with Crippen LogP contribution in [-0.4, -0.2) is 49.0 Å². The summed E-state index contributed by atoms with van der Waals surface area (Å²) in [4.78, 5) is 17.5. The molecule has 7 heteroatoms. The van der Waals surface area contributed by atoms with Crippen LogP contribution in [0, 0.1) is 11.7 Å². The number of benzene rings is 2. The van der Waals surface area contributed by atoms with Crippen molar-refractivity contribution >= 4 is 28.4 Å². The maximum Gasteiger partial charge on any atom is 0.136 e. The monoisotopic (exact) mass is 455 g/mol. The van der Waals surface area contributed by atoms with Gasteiger partial charge < -0.3 is 15.3 Å². The van der Waals surface area contributed by atoms with Crippen molar-refractivity contribution < 1.29 is 13.9 Å². The zero-order chi connectivity index (χ0) is 22.5. The van der Waals surface area contributed by atoms with Crippen molar-refractivity contribution in [1.29, 1.82) is 0 Å². The van der Waals surface area contributed by atoms with E-state index in [1.54, 1.807) is 17.4 Å². The molecule has 0 saturated carbocycles. The number of rotatable bonds is 4. The first-order valence-corrected chi connectivity index (χ1v) is 12.1. The Hall–Kier alpha value is -2.19. The van der Waals surface area contributed by atoms with Gasteiger partial charge in [-0.2, -0.15) is 0 Å². The van der Waals surface area contributed by atoms with Gasteiger partial charge in [-0.3, -0.25) is 4.90 Å². The molecule has 3 aromatic rings. The second-order valence-electron chi connectivity index (χ2n) is 8.51. The summed E-state index contributed by atoms with van der Waals surface area (Å²) >= 11 is 1.71. The second kappa shape index (κ2) is 10.6. The molecule has 32 heavy (non-hydrogen) atoms. The Labute approximate surface area is 192 Å². The highest BCUT2D eigenvalue weighted by Crippen LogP contribution is 2.36. The molecule has 2 N–H and O–H groups in total. The van der Waals surface area contributed by atoms with Gasteiger partial charge in [0, 0.05) is 29.5 Å². The Morgan fingerprint density at radius 1 is 1.19 bits per heavy atom. The summed E-state index contributed by atoms with van der Waals surface area (Å²) in [5, 5.41) is 4.86. The van der Waals surface area contributed by atoms with E-state index in [1.165, 1.54) is 17.8 Å². The maximum atomic E-state index is 14.0. The van der Waals surface area contributed by atoms with Crippen LogP contribution in [-0.2, 0) is 9.53 Å². The van der Waals surface area contributed by atoms with E-state index in [2.05, 4.69) is 17.3 Å². The summed E-state index contributed by atoms with van der Waals surface area (Å²) in [7, 11) is 2.16. The second-order valence-corrected chi connectivity index (χ2v) is 9.40. The Morgan fingerprint density at radius 3 is 2.62 bits per heavy atom. The largest absolute Gasteiger partial charge is 0.381 e.